The SMILES string of the molecule is NC1=NC2(CCCCC2)N(c2cccc3c(Br)cccc23)C(N)=N1. The highest BCUT2D eigenvalue weighted by Gasteiger charge is 2.43. The molecule has 0 unspecified atom stereocenters. The quantitative estimate of drug-likeness (QED) is 0.784. The van der Waals surface area contributed by atoms with Crippen molar-refractivity contribution >= 4 is 44.3 Å². The number of guanidine groups is 2. The van der Waals surface area contributed by atoms with Crippen LogP contribution in [0.15, 0.2) is 50.9 Å². The number of hydrogen-bond acceptors (Lipinski definition) is 5. The molecule has 24 heavy (non-hydrogen) atoms. The summed E-state index contributed by atoms with van der Waals surface area (Å²) in [5, 5.41) is 2.28. The van der Waals surface area contributed by atoms with Crippen LogP contribution in [0.3, 0.4) is 0 Å². The Morgan fingerprint density at radius 3 is 2.46 bits per heavy atom. The number of anilines is 1. The standard InChI is InChI=1S/C18H20BrN5/c19-14-8-4-7-13-12(14)6-5-9-15(13)24-17(21)22-16(20)23-18(24)10-2-1-3-11-18/h4-9H,1-3,10-11H2,(H4,20,21,22,23). The Kier molecular flexibility index (Phi) is 3.72. The van der Waals surface area contributed by atoms with Crippen molar-refractivity contribution in [3.05, 3.63) is 40.9 Å². The van der Waals surface area contributed by atoms with Crippen molar-refractivity contribution in [2.45, 2.75) is 37.8 Å². The molecule has 4 rings (SSSR count). The summed E-state index contributed by atoms with van der Waals surface area (Å²) in [6.07, 6.45) is 5.34. The molecule has 2 aliphatic rings. The molecule has 2 aromatic rings. The van der Waals surface area contributed by atoms with E-state index in [-0.39, 0.29) is 5.96 Å². The topological polar surface area (TPSA) is 80.0 Å². The first-order chi connectivity index (χ1) is 11.6. The van der Waals surface area contributed by atoms with Gasteiger partial charge in [0, 0.05) is 9.86 Å². The molecule has 1 aliphatic carbocycles. The highest BCUT2D eigenvalue weighted by atomic mass is 79.9. The number of hydrogen-bond donors (Lipinski definition) is 2. The Hall–Kier alpha value is -2.08. The van der Waals surface area contributed by atoms with Crippen LogP contribution in [-0.4, -0.2) is 17.6 Å². The number of fused-ring (bicyclic) bond motifs is 1. The van der Waals surface area contributed by atoms with E-state index in [1.165, 1.54) is 6.42 Å². The van der Waals surface area contributed by atoms with Gasteiger partial charge < -0.3 is 11.5 Å². The zero-order valence-electron chi connectivity index (χ0n) is 13.4. The van der Waals surface area contributed by atoms with Gasteiger partial charge in [0.05, 0.1) is 5.69 Å². The Bertz CT molecular complexity index is 852. The van der Waals surface area contributed by atoms with E-state index >= 15 is 0 Å². The Balaban J connectivity index is 1.94. The van der Waals surface area contributed by atoms with E-state index in [0.29, 0.717) is 5.96 Å². The van der Waals surface area contributed by atoms with E-state index in [1.54, 1.807) is 0 Å². The van der Waals surface area contributed by atoms with Gasteiger partial charge in [-0.2, -0.15) is 4.99 Å². The van der Waals surface area contributed by atoms with Crippen LogP contribution in [0, 0.1) is 0 Å². The van der Waals surface area contributed by atoms with Gasteiger partial charge in [-0.05, 0) is 43.2 Å². The molecule has 4 N–H and O–H groups in total. The monoisotopic (exact) mass is 385 g/mol. The summed E-state index contributed by atoms with van der Waals surface area (Å²) in [5.74, 6) is 0.712. The number of aliphatic imine (C=N–C) groups is 2. The molecule has 1 saturated carbocycles. The molecule has 5 nitrogen and oxygen atoms in total. The zero-order valence-corrected chi connectivity index (χ0v) is 15.0. The molecule has 1 spiro atoms. The van der Waals surface area contributed by atoms with E-state index < -0.39 is 5.66 Å². The van der Waals surface area contributed by atoms with Crippen LogP contribution in [-0.2, 0) is 0 Å². The number of halogens is 1. The van der Waals surface area contributed by atoms with Gasteiger partial charge in [-0.25, -0.2) is 4.99 Å². The first-order valence-corrected chi connectivity index (χ1v) is 9.07. The Morgan fingerprint density at radius 1 is 0.958 bits per heavy atom. The maximum atomic E-state index is 6.34. The molecule has 0 radical (unpaired) electrons. The van der Waals surface area contributed by atoms with Crippen LogP contribution in [0.1, 0.15) is 32.1 Å². The van der Waals surface area contributed by atoms with Crippen molar-refractivity contribution < 1.29 is 0 Å². The van der Waals surface area contributed by atoms with E-state index in [4.69, 9.17) is 16.5 Å². The minimum Gasteiger partial charge on any atom is -0.369 e. The third-order valence-electron chi connectivity index (χ3n) is 4.94. The molecule has 2 aromatic carbocycles. The van der Waals surface area contributed by atoms with Crippen molar-refractivity contribution in [1.29, 1.82) is 0 Å². The van der Waals surface area contributed by atoms with Crippen LogP contribution in [0.5, 0.6) is 0 Å². The van der Waals surface area contributed by atoms with E-state index in [9.17, 15) is 0 Å². The smallest absolute Gasteiger partial charge is 0.220 e. The molecule has 6 heteroatoms. The Morgan fingerprint density at radius 2 is 1.67 bits per heavy atom. The van der Waals surface area contributed by atoms with Crippen molar-refractivity contribution in [1.82, 2.24) is 0 Å². The predicted octanol–water partition coefficient (Wildman–Crippen LogP) is 3.71. The van der Waals surface area contributed by atoms with Gasteiger partial charge in [-0.3, -0.25) is 4.90 Å². The molecule has 0 saturated heterocycles. The molecule has 124 valence electrons. The number of rotatable bonds is 1. The lowest BCUT2D eigenvalue weighted by molar-refractivity contribution is 0.306. The predicted molar refractivity (Wildman–Crippen MR) is 103 cm³/mol. The normalized spacial score (nSPS) is 20.1. The Labute approximate surface area is 149 Å². The molecule has 1 aliphatic heterocycles. The van der Waals surface area contributed by atoms with Crippen LogP contribution in [0.4, 0.5) is 5.69 Å². The van der Waals surface area contributed by atoms with Crippen molar-refractivity contribution in [3.8, 4) is 0 Å². The molecule has 0 atom stereocenters. The summed E-state index contributed by atoms with van der Waals surface area (Å²) in [4.78, 5) is 11.1. The van der Waals surface area contributed by atoms with Crippen molar-refractivity contribution in [2.24, 2.45) is 21.5 Å². The second-order valence-electron chi connectivity index (χ2n) is 6.43. The lowest BCUT2D eigenvalue weighted by Gasteiger charge is -2.46. The highest BCUT2D eigenvalue weighted by Crippen LogP contribution is 2.42. The third-order valence-corrected chi connectivity index (χ3v) is 5.63. The lowest BCUT2D eigenvalue weighted by atomic mass is 9.87. The van der Waals surface area contributed by atoms with E-state index in [0.717, 1.165) is 46.6 Å². The molecule has 0 aromatic heterocycles. The maximum absolute atomic E-state index is 6.34. The second kappa shape index (κ2) is 5.77. The largest absolute Gasteiger partial charge is 0.369 e. The highest BCUT2D eigenvalue weighted by molar-refractivity contribution is 9.10. The minimum absolute atomic E-state index is 0.284. The number of nitrogens with two attached hydrogens (primary N) is 2. The summed E-state index contributed by atoms with van der Waals surface area (Å²) < 4.78 is 1.06. The molecule has 1 fully saturated rings. The lowest BCUT2D eigenvalue weighted by Crippen LogP contribution is -2.58. The van der Waals surface area contributed by atoms with Gasteiger partial charge in [0.2, 0.25) is 11.9 Å². The average Bonchev–Trinajstić information content (AvgIpc) is 2.55. The van der Waals surface area contributed by atoms with Gasteiger partial charge >= 0.3 is 0 Å². The van der Waals surface area contributed by atoms with Crippen molar-refractivity contribution in [2.75, 3.05) is 4.90 Å². The first kappa shape index (κ1) is 15.4. The summed E-state index contributed by atoms with van der Waals surface area (Å²) in [6.45, 7) is 0. The maximum Gasteiger partial charge on any atom is 0.220 e. The third kappa shape index (κ3) is 2.36. The number of nitrogens with zero attached hydrogens (tertiary/aromatic N) is 3. The van der Waals surface area contributed by atoms with E-state index in [2.05, 4.69) is 44.0 Å². The zero-order chi connectivity index (χ0) is 16.7. The summed E-state index contributed by atoms with van der Waals surface area (Å²) >= 11 is 3.64. The van der Waals surface area contributed by atoms with E-state index in [1.807, 2.05) is 18.2 Å². The fourth-order valence-electron chi connectivity index (χ4n) is 3.92. The van der Waals surface area contributed by atoms with Crippen LogP contribution >= 0.6 is 15.9 Å². The first-order valence-electron chi connectivity index (χ1n) is 8.28. The fourth-order valence-corrected chi connectivity index (χ4v) is 4.42. The van der Waals surface area contributed by atoms with Gasteiger partial charge in [0.15, 0.2) is 0 Å². The van der Waals surface area contributed by atoms with Crippen molar-refractivity contribution in [3.63, 3.8) is 0 Å². The van der Waals surface area contributed by atoms with Gasteiger partial charge in [-0.1, -0.05) is 46.6 Å². The minimum atomic E-state index is -0.412. The summed E-state index contributed by atoms with van der Waals surface area (Å²) in [6, 6.07) is 12.4. The van der Waals surface area contributed by atoms with Gasteiger partial charge in [0.1, 0.15) is 5.66 Å². The number of benzene rings is 2. The molecular weight excluding hydrogens is 366 g/mol. The molecular formula is C18H20BrN5. The van der Waals surface area contributed by atoms with Gasteiger partial charge in [-0.15, -0.1) is 0 Å². The summed E-state index contributed by atoms with van der Waals surface area (Å²) in [5.41, 5.74) is 12.9. The average molecular weight is 386 g/mol. The molecule has 1 heterocycles. The van der Waals surface area contributed by atoms with Gasteiger partial charge in [0.25, 0.3) is 0 Å². The van der Waals surface area contributed by atoms with Crippen LogP contribution < -0.4 is 16.4 Å². The second-order valence-corrected chi connectivity index (χ2v) is 7.28. The fraction of sp³-hybridized carbons (Fsp3) is 0.333. The van der Waals surface area contributed by atoms with Crippen LogP contribution in [0.25, 0.3) is 10.8 Å². The summed E-state index contributed by atoms with van der Waals surface area (Å²) in [7, 11) is 0. The molecule has 0 bridgehead atoms. The molecule has 0 amide bonds. The van der Waals surface area contributed by atoms with Crippen LogP contribution in [0.2, 0.25) is 0 Å².